The van der Waals surface area contributed by atoms with Crippen LogP contribution in [0.2, 0.25) is 0 Å². The Labute approximate surface area is 249 Å². The van der Waals surface area contributed by atoms with Gasteiger partial charge in [-0.3, -0.25) is 0 Å². The summed E-state index contributed by atoms with van der Waals surface area (Å²) in [6, 6.07) is 30.2. The van der Waals surface area contributed by atoms with Gasteiger partial charge in [0.2, 0.25) is 10.0 Å². The van der Waals surface area contributed by atoms with Gasteiger partial charge in [0.25, 0.3) is 0 Å². The summed E-state index contributed by atoms with van der Waals surface area (Å²) in [7, 11) is -0.939. The first-order valence-electron chi connectivity index (χ1n) is 13.7. The highest BCUT2D eigenvalue weighted by Crippen LogP contribution is 2.34. The first-order valence-corrected chi connectivity index (χ1v) is 15.2. The van der Waals surface area contributed by atoms with Gasteiger partial charge in [-0.15, -0.1) is 6.42 Å². The van der Waals surface area contributed by atoms with E-state index in [0.29, 0.717) is 11.5 Å². The summed E-state index contributed by atoms with van der Waals surface area (Å²) in [5.41, 5.74) is 1.81. The zero-order valence-corrected chi connectivity index (χ0v) is 25.1. The van der Waals surface area contributed by atoms with E-state index in [1.807, 2.05) is 85.8 Å². The molecular formula is C35H37NO5S. The molecule has 0 aliphatic heterocycles. The van der Waals surface area contributed by atoms with E-state index in [4.69, 9.17) is 15.9 Å². The standard InChI is InChI=1S/C35H37NO5S/c1-5-21-36(42(38,39)33-19-17-27(2)18-20-33)34(24-28-11-7-6-8-12-28)35(37,25-29-13-9-15-31(22-29)40-3)26-30-14-10-16-32(23-30)41-4/h1,6-20,22-23,34,37H,21,24-26H2,2-4H3/t34-/m0/s1. The van der Waals surface area contributed by atoms with Gasteiger partial charge in [0.15, 0.2) is 0 Å². The highest BCUT2D eigenvalue weighted by atomic mass is 32.2. The Kier molecular flexibility index (Phi) is 10.1. The molecule has 4 aromatic carbocycles. The van der Waals surface area contributed by atoms with E-state index in [-0.39, 0.29) is 30.7 Å². The smallest absolute Gasteiger partial charge is 0.244 e. The number of methoxy groups -OCH3 is 2. The quantitative estimate of drug-likeness (QED) is 0.212. The van der Waals surface area contributed by atoms with Crippen molar-refractivity contribution in [3.63, 3.8) is 0 Å². The van der Waals surface area contributed by atoms with Crippen LogP contribution >= 0.6 is 0 Å². The number of aliphatic hydroxyl groups is 1. The van der Waals surface area contributed by atoms with Gasteiger partial charge in [0.05, 0.1) is 37.3 Å². The van der Waals surface area contributed by atoms with Crippen LogP contribution in [0, 0.1) is 19.3 Å². The molecular weight excluding hydrogens is 546 g/mol. The zero-order chi connectivity index (χ0) is 30.2. The van der Waals surface area contributed by atoms with Crippen molar-refractivity contribution < 1.29 is 23.0 Å². The lowest BCUT2D eigenvalue weighted by molar-refractivity contribution is -0.0213. The number of nitrogens with zero attached hydrogens (tertiary/aromatic N) is 1. The molecule has 0 unspecified atom stereocenters. The Balaban J connectivity index is 1.91. The van der Waals surface area contributed by atoms with E-state index < -0.39 is 21.7 Å². The van der Waals surface area contributed by atoms with Crippen LogP contribution in [0.4, 0.5) is 0 Å². The van der Waals surface area contributed by atoms with E-state index in [1.165, 1.54) is 4.31 Å². The van der Waals surface area contributed by atoms with Gasteiger partial charge in [-0.05, 0) is 66.4 Å². The number of terminal acetylenes is 1. The minimum absolute atomic E-state index is 0.117. The Hall–Kier alpha value is -4.09. The normalized spacial score (nSPS) is 12.5. The van der Waals surface area contributed by atoms with Gasteiger partial charge in [0, 0.05) is 12.8 Å². The molecule has 0 fully saturated rings. The molecule has 6 nitrogen and oxygen atoms in total. The molecule has 4 aromatic rings. The summed E-state index contributed by atoms with van der Waals surface area (Å²) in [5.74, 6) is 3.84. The van der Waals surface area contributed by atoms with Crippen LogP contribution in [0.1, 0.15) is 22.3 Å². The van der Waals surface area contributed by atoms with Crippen molar-refractivity contribution in [3.8, 4) is 23.8 Å². The maximum Gasteiger partial charge on any atom is 0.244 e. The molecule has 0 amide bonds. The first-order chi connectivity index (χ1) is 20.2. The number of aryl methyl sites for hydroxylation is 1. The average molecular weight is 584 g/mol. The Morgan fingerprint density at radius 1 is 0.810 bits per heavy atom. The van der Waals surface area contributed by atoms with E-state index in [9.17, 15) is 13.5 Å². The minimum atomic E-state index is -4.11. The number of ether oxygens (including phenoxy) is 2. The lowest BCUT2D eigenvalue weighted by Gasteiger charge is -2.42. The second-order valence-electron chi connectivity index (χ2n) is 10.4. The molecule has 1 atom stereocenters. The summed E-state index contributed by atoms with van der Waals surface area (Å²) >= 11 is 0. The van der Waals surface area contributed by atoms with Gasteiger partial charge in [-0.25, -0.2) is 8.42 Å². The first kappa shape index (κ1) is 30.9. The third-order valence-electron chi connectivity index (χ3n) is 7.40. The molecule has 0 bridgehead atoms. The predicted octanol–water partition coefficient (Wildman–Crippen LogP) is 5.46. The maximum absolute atomic E-state index is 14.3. The molecule has 4 rings (SSSR count). The Morgan fingerprint density at radius 2 is 1.33 bits per heavy atom. The predicted molar refractivity (Wildman–Crippen MR) is 166 cm³/mol. The van der Waals surface area contributed by atoms with Gasteiger partial charge in [-0.1, -0.05) is 78.2 Å². The third-order valence-corrected chi connectivity index (χ3v) is 9.27. The molecule has 0 aromatic heterocycles. The summed E-state index contributed by atoms with van der Waals surface area (Å²) < 4.78 is 40.8. The van der Waals surface area contributed by atoms with Gasteiger partial charge < -0.3 is 14.6 Å². The van der Waals surface area contributed by atoms with Crippen molar-refractivity contribution in [3.05, 3.63) is 125 Å². The fraction of sp³-hybridized carbons (Fsp3) is 0.257. The summed E-state index contributed by atoms with van der Waals surface area (Å²) in [6.45, 7) is 1.68. The van der Waals surface area contributed by atoms with E-state index in [1.54, 1.807) is 38.5 Å². The highest BCUT2D eigenvalue weighted by molar-refractivity contribution is 7.89. The maximum atomic E-state index is 14.3. The Morgan fingerprint density at radius 3 is 1.83 bits per heavy atom. The Bertz CT molecular complexity index is 1560. The number of hydrogen-bond donors (Lipinski definition) is 1. The molecule has 42 heavy (non-hydrogen) atoms. The molecule has 0 radical (unpaired) electrons. The molecule has 0 aliphatic rings. The van der Waals surface area contributed by atoms with Crippen molar-refractivity contribution in [2.75, 3.05) is 20.8 Å². The molecule has 0 saturated heterocycles. The molecule has 0 saturated carbocycles. The summed E-state index contributed by atoms with van der Waals surface area (Å²) in [4.78, 5) is 0.117. The number of hydrogen-bond acceptors (Lipinski definition) is 5. The highest BCUT2D eigenvalue weighted by Gasteiger charge is 2.45. The van der Waals surface area contributed by atoms with Crippen LogP contribution in [-0.2, 0) is 29.3 Å². The van der Waals surface area contributed by atoms with Gasteiger partial charge >= 0.3 is 0 Å². The third kappa shape index (κ3) is 7.40. The van der Waals surface area contributed by atoms with Crippen molar-refractivity contribution in [2.24, 2.45) is 0 Å². The molecule has 0 heterocycles. The van der Waals surface area contributed by atoms with Crippen molar-refractivity contribution in [2.45, 2.75) is 42.7 Å². The van der Waals surface area contributed by atoms with Gasteiger partial charge in [-0.2, -0.15) is 4.31 Å². The summed E-state index contributed by atoms with van der Waals surface area (Å²) in [6.07, 6.45) is 6.33. The van der Waals surface area contributed by atoms with E-state index in [2.05, 4.69) is 5.92 Å². The van der Waals surface area contributed by atoms with Crippen molar-refractivity contribution in [1.29, 1.82) is 0 Å². The second-order valence-corrected chi connectivity index (χ2v) is 12.3. The molecule has 7 heteroatoms. The zero-order valence-electron chi connectivity index (χ0n) is 24.2. The minimum Gasteiger partial charge on any atom is -0.497 e. The topological polar surface area (TPSA) is 76.1 Å². The molecule has 0 spiro atoms. The monoisotopic (exact) mass is 583 g/mol. The fourth-order valence-corrected chi connectivity index (χ4v) is 6.87. The molecule has 0 aliphatic carbocycles. The molecule has 1 N–H and O–H groups in total. The fourth-order valence-electron chi connectivity index (χ4n) is 5.27. The lowest BCUT2D eigenvalue weighted by Crippen LogP contribution is -2.58. The van der Waals surface area contributed by atoms with E-state index >= 15 is 0 Å². The number of benzene rings is 4. The second kappa shape index (κ2) is 13.7. The van der Waals surface area contributed by atoms with Crippen LogP contribution in [-0.4, -0.2) is 50.2 Å². The van der Waals surface area contributed by atoms with Crippen molar-refractivity contribution >= 4 is 10.0 Å². The average Bonchev–Trinajstić information content (AvgIpc) is 2.99. The number of sulfonamides is 1. The number of rotatable bonds is 13. The largest absolute Gasteiger partial charge is 0.497 e. The van der Waals surface area contributed by atoms with Crippen LogP contribution in [0.25, 0.3) is 0 Å². The van der Waals surface area contributed by atoms with Crippen LogP contribution in [0.5, 0.6) is 11.5 Å². The van der Waals surface area contributed by atoms with E-state index in [0.717, 1.165) is 22.3 Å². The molecule has 218 valence electrons. The summed E-state index contributed by atoms with van der Waals surface area (Å²) in [5, 5.41) is 12.9. The van der Waals surface area contributed by atoms with Gasteiger partial charge in [0.1, 0.15) is 11.5 Å². The SMILES string of the molecule is C#CCN([C@@H](Cc1ccccc1)C(O)(Cc1cccc(OC)c1)Cc1cccc(OC)c1)S(=O)(=O)c1ccc(C)cc1. The van der Waals surface area contributed by atoms with Crippen LogP contribution in [0.15, 0.2) is 108 Å². The lowest BCUT2D eigenvalue weighted by atomic mass is 9.79. The van der Waals surface area contributed by atoms with Crippen LogP contribution in [0.3, 0.4) is 0 Å². The van der Waals surface area contributed by atoms with Crippen molar-refractivity contribution in [1.82, 2.24) is 4.31 Å². The van der Waals surface area contributed by atoms with Crippen LogP contribution < -0.4 is 9.47 Å².